The van der Waals surface area contributed by atoms with E-state index in [9.17, 15) is 19.2 Å². The minimum Gasteiger partial charge on any atom is -0.468 e. The van der Waals surface area contributed by atoms with E-state index in [2.05, 4.69) is 31.6 Å². The first kappa shape index (κ1) is 25.8. The van der Waals surface area contributed by atoms with Crippen molar-refractivity contribution in [3.8, 4) is 6.07 Å². The topological polar surface area (TPSA) is 178 Å². The smallest absolute Gasteiger partial charge is 0.336 e. The third-order valence-electron chi connectivity index (χ3n) is 5.05. The number of anilines is 2. The number of aromatic amines is 1. The molecule has 2 unspecified atom stereocenters. The summed E-state index contributed by atoms with van der Waals surface area (Å²) >= 11 is 1.17. The van der Waals surface area contributed by atoms with E-state index in [0.29, 0.717) is 11.4 Å². The number of esters is 2. The molecule has 2 aromatic heterocycles. The lowest BCUT2D eigenvalue weighted by molar-refractivity contribution is -0.144. The van der Waals surface area contributed by atoms with Crippen LogP contribution < -0.4 is 11.1 Å². The van der Waals surface area contributed by atoms with Crippen LogP contribution in [-0.4, -0.2) is 73.0 Å². The van der Waals surface area contributed by atoms with Crippen molar-refractivity contribution in [1.29, 1.82) is 5.26 Å². The van der Waals surface area contributed by atoms with Gasteiger partial charge in [0.15, 0.2) is 0 Å². The highest BCUT2D eigenvalue weighted by atomic mass is 32.1. The number of carbonyl (C=O) groups excluding carboxylic acids is 2. The Kier molecular flexibility index (Phi) is 8.87. The summed E-state index contributed by atoms with van der Waals surface area (Å²) in [6, 6.07) is 3.62. The van der Waals surface area contributed by atoms with Crippen LogP contribution in [0.4, 0.5) is 16.3 Å². The normalized spacial score (nSPS) is 17.5. The first-order valence-corrected chi connectivity index (χ1v) is 11.4. The van der Waals surface area contributed by atoms with Crippen LogP contribution in [0.3, 0.4) is 0 Å². The molecule has 0 saturated carbocycles. The van der Waals surface area contributed by atoms with Crippen molar-refractivity contribution in [1.82, 2.24) is 15.2 Å². The van der Waals surface area contributed by atoms with Crippen molar-refractivity contribution in [3.63, 3.8) is 0 Å². The predicted molar refractivity (Wildman–Crippen MR) is 124 cm³/mol. The van der Waals surface area contributed by atoms with Crippen molar-refractivity contribution in [3.05, 3.63) is 33.2 Å². The minimum atomic E-state index is -1.24. The van der Waals surface area contributed by atoms with Crippen LogP contribution in [0.2, 0.25) is 0 Å². The molecule has 3 heterocycles. The Morgan fingerprint density at radius 3 is 2.86 bits per heavy atom. The third-order valence-corrected chi connectivity index (χ3v) is 6.05. The molecule has 0 radical (unpaired) electrons. The lowest BCUT2D eigenvalue weighted by Gasteiger charge is -2.31. The molecule has 12 nitrogen and oxygen atoms in total. The molecule has 0 aromatic carbocycles. The van der Waals surface area contributed by atoms with E-state index in [-0.39, 0.29) is 54.3 Å². The maximum absolute atomic E-state index is 14.1. The zero-order valence-corrected chi connectivity index (χ0v) is 19.9. The molecular formula is C21H24FN7O5S. The number of hydrogen-bond donors (Lipinski definition) is 3. The van der Waals surface area contributed by atoms with Gasteiger partial charge in [0.25, 0.3) is 0 Å². The van der Waals surface area contributed by atoms with Gasteiger partial charge in [0, 0.05) is 17.3 Å². The lowest BCUT2D eigenvalue weighted by Crippen LogP contribution is -2.39. The highest BCUT2D eigenvalue weighted by molar-refractivity contribution is 7.10. The van der Waals surface area contributed by atoms with Gasteiger partial charge in [-0.2, -0.15) is 10.2 Å². The fourth-order valence-electron chi connectivity index (χ4n) is 3.61. The molecule has 186 valence electrons. The number of hydrogen-bond acceptors (Lipinski definition) is 12. The van der Waals surface area contributed by atoms with Crippen LogP contribution in [0.15, 0.2) is 27.7 Å². The number of H-pyrrole nitrogens is 1. The van der Waals surface area contributed by atoms with Gasteiger partial charge in [-0.1, -0.05) is 0 Å². The van der Waals surface area contributed by atoms with Crippen LogP contribution in [-0.2, 0) is 23.8 Å². The van der Waals surface area contributed by atoms with E-state index < -0.39 is 30.4 Å². The first-order valence-electron chi connectivity index (χ1n) is 10.5. The van der Waals surface area contributed by atoms with Crippen LogP contribution >= 0.6 is 11.3 Å². The number of nitrogen functional groups attached to an aromatic ring is 1. The largest absolute Gasteiger partial charge is 0.468 e. The van der Waals surface area contributed by atoms with Gasteiger partial charge in [0.05, 0.1) is 49.5 Å². The van der Waals surface area contributed by atoms with Gasteiger partial charge in [-0.15, -0.1) is 16.4 Å². The monoisotopic (exact) mass is 505 g/mol. The number of ether oxygens (including phenoxy) is 3. The number of nitriles is 1. The molecule has 4 N–H and O–H groups in total. The Balaban J connectivity index is 1.95. The molecule has 0 fully saturated rings. The number of thiophene rings is 1. The highest BCUT2D eigenvalue weighted by Gasteiger charge is 2.45. The number of nitrogens with zero attached hydrogens (tertiary/aromatic N) is 4. The summed E-state index contributed by atoms with van der Waals surface area (Å²) < 4.78 is 29.9. The van der Waals surface area contributed by atoms with Gasteiger partial charge in [-0.3, -0.25) is 9.79 Å². The van der Waals surface area contributed by atoms with Crippen molar-refractivity contribution in [2.24, 2.45) is 10.9 Å². The maximum Gasteiger partial charge on any atom is 0.336 e. The maximum atomic E-state index is 14.1. The molecular weight excluding hydrogens is 481 g/mol. The molecule has 1 aliphatic heterocycles. The number of halogens is 1. The third kappa shape index (κ3) is 5.81. The van der Waals surface area contributed by atoms with Gasteiger partial charge in [0.2, 0.25) is 11.9 Å². The van der Waals surface area contributed by atoms with Crippen molar-refractivity contribution < 1.29 is 28.2 Å². The highest BCUT2D eigenvalue weighted by Crippen LogP contribution is 2.43. The van der Waals surface area contributed by atoms with E-state index in [1.165, 1.54) is 11.3 Å². The molecule has 35 heavy (non-hydrogen) atoms. The first-order chi connectivity index (χ1) is 16.9. The second-order valence-corrected chi connectivity index (χ2v) is 8.08. The molecule has 2 aromatic rings. The van der Waals surface area contributed by atoms with Gasteiger partial charge >= 0.3 is 11.9 Å². The van der Waals surface area contributed by atoms with Crippen molar-refractivity contribution in [2.45, 2.75) is 12.8 Å². The summed E-state index contributed by atoms with van der Waals surface area (Å²) in [7, 11) is 1.16. The second kappa shape index (κ2) is 12.0. The Morgan fingerprint density at radius 1 is 1.43 bits per heavy atom. The number of nitrogens with one attached hydrogen (secondary N) is 2. The number of aliphatic imine (C=N–C) groups is 1. The fourth-order valence-corrected chi connectivity index (χ4v) is 4.60. The van der Waals surface area contributed by atoms with Gasteiger partial charge < -0.3 is 25.3 Å². The van der Waals surface area contributed by atoms with E-state index >= 15 is 0 Å². The van der Waals surface area contributed by atoms with Crippen molar-refractivity contribution in [2.75, 3.05) is 51.2 Å². The molecule has 0 bridgehead atoms. The second-order valence-electron chi connectivity index (χ2n) is 7.13. The number of methoxy groups -OCH3 is 1. The summed E-state index contributed by atoms with van der Waals surface area (Å²) in [4.78, 5) is 34.4. The number of alkyl halides is 1. The molecule has 0 aliphatic carbocycles. The summed E-state index contributed by atoms with van der Waals surface area (Å²) in [5.74, 6) is -3.33. The number of rotatable bonds is 11. The Morgan fingerprint density at radius 2 is 2.23 bits per heavy atom. The van der Waals surface area contributed by atoms with E-state index in [1.54, 1.807) is 18.4 Å². The average molecular weight is 506 g/mol. The molecule has 1 aliphatic rings. The lowest BCUT2D eigenvalue weighted by atomic mass is 9.77. The predicted octanol–water partition coefficient (Wildman–Crippen LogP) is 1.56. The van der Waals surface area contributed by atoms with Crippen LogP contribution in [0, 0.1) is 17.2 Å². The van der Waals surface area contributed by atoms with Crippen LogP contribution in [0.5, 0.6) is 0 Å². The minimum absolute atomic E-state index is 0.0214. The summed E-state index contributed by atoms with van der Waals surface area (Å²) in [6.07, 6.45) is 0. The fraction of sp³-hybridized carbons (Fsp3) is 0.429. The summed E-state index contributed by atoms with van der Waals surface area (Å²) in [5, 5.41) is 20.5. The average Bonchev–Trinajstić information content (AvgIpc) is 3.50. The van der Waals surface area contributed by atoms with Crippen LogP contribution in [0.25, 0.3) is 0 Å². The molecule has 3 rings (SSSR count). The zero-order chi connectivity index (χ0) is 25.4. The number of aromatic nitrogens is 3. The van der Waals surface area contributed by atoms with E-state index in [4.69, 9.17) is 19.9 Å². The Hall–Kier alpha value is -3.83. The standard InChI is InChI=1S/C21H24FN7O5S/c1-3-34-19(31)15-13(10-33-6-5-25-21-27-20(24)28-29-21)26-12(8-22)14(18(30)32-2)16(15)17-11(9-23)4-7-35-17/h4,7,14,16H,3,5-6,8,10H2,1-2H3,(H4,24,25,27,28,29). The Labute approximate surface area is 204 Å². The Bertz CT molecular complexity index is 1170. The van der Waals surface area contributed by atoms with E-state index in [0.717, 1.165) is 7.11 Å². The zero-order valence-electron chi connectivity index (χ0n) is 19.0. The quantitative estimate of drug-likeness (QED) is 0.300. The number of nitrogens with two attached hydrogens (primary N) is 1. The van der Waals surface area contributed by atoms with Gasteiger partial charge in [0.1, 0.15) is 18.7 Å². The molecule has 0 saturated heterocycles. The SMILES string of the molecule is CCOC(=O)C1=C(COCCNc2n[nH]c(N)n2)N=C(CF)C(C(=O)OC)C1c1sccc1C#N. The summed E-state index contributed by atoms with van der Waals surface area (Å²) in [6.45, 7) is 0.918. The van der Waals surface area contributed by atoms with Gasteiger partial charge in [-0.05, 0) is 18.4 Å². The number of carbonyl (C=O) groups is 2. The van der Waals surface area contributed by atoms with Crippen molar-refractivity contribution >= 4 is 40.9 Å². The molecule has 0 amide bonds. The van der Waals surface area contributed by atoms with E-state index in [1.807, 2.05) is 0 Å². The molecule has 0 spiro atoms. The summed E-state index contributed by atoms with van der Waals surface area (Å²) in [5.41, 5.74) is 5.73. The van der Waals surface area contributed by atoms with Crippen LogP contribution in [0.1, 0.15) is 23.3 Å². The molecule has 2 atom stereocenters. The van der Waals surface area contributed by atoms with Gasteiger partial charge in [-0.25, -0.2) is 14.3 Å². The molecule has 14 heteroatoms.